The summed E-state index contributed by atoms with van der Waals surface area (Å²) in [6.07, 6.45) is 7.51. The molecular formula is C25H28Br4O2. The highest BCUT2D eigenvalue weighted by Crippen LogP contribution is 2.48. The summed E-state index contributed by atoms with van der Waals surface area (Å²) >= 11 is 14.1. The van der Waals surface area contributed by atoms with Gasteiger partial charge >= 0.3 is 5.97 Å². The topological polar surface area (TPSA) is 37.3 Å². The molecule has 0 saturated carbocycles. The highest BCUT2D eigenvalue weighted by atomic mass is 79.9. The molecule has 0 aliphatic heterocycles. The molecule has 31 heavy (non-hydrogen) atoms. The Morgan fingerprint density at radius 1 is 0.968 bits per heavy atom. The third-order valence-electron chi connectivity index (χ3n) is 6.07. The van der Waals surface area contributed by atoms with E-state index in [9.17, 15) is 9.90 Å². The number of hydrogen-bond acceptors (Lipinski definition) is 1. The molecule has 0 heterocycles. The lowest BCUT2D eigenvalue weighted by Gasteiger charge is -2.33. The van der Waals surface area contributed by atoms with Gasteiger partial charge in [-0.25, -0.2) is 4.79 Å². The smallest absolute Gasteiger partial charge is 0.338 e. The number of halogens is 4. The van der Waals surface area contributed by atoms with E-state index in [1.807, 2.05) is 0 Å². The van der Waals surface area contributed by atoms with Crippen LogP contribution in [-0.4, -0.2) is 11.1 Å². The third-order valence-corrected chi connectivity index (χ3v) is 10.3. The lowest BCUT2D eigenvalue weighted by atomic mass is 9.72. The van der Waals surface area contributed by atoms with Crippen molar-refractivity contribution in [3.8, 4) is 0 Å². The predicted molar refractivity (Wildman–Crippen MR) is 146 cm³/mol. The molecule has 0 atom stereocenters. The molecule has 6 heteroatoms. The summed E-state index contributed by atoms with van der Waals surface area (Å²) in [6, 6.07) is 0. The van der Waals surface area contributed by atoms with E-state index < -0.39 is 5.97 Å². The molecule has 0 radical (unpaired) electrons. The van der Waals surface area contributed by atoms with Gasteiger partial charge in [-0.2, -0.15) is 0 Å². The van der Waals surface area contributed by atoms with Gasteiger partial charge in [0.2, 0.25) is 0 Å². The van der Waals surface area contributed by atoms with Crippen LogP contribution in [-0.2, 0) is 0 Å². The first-order valence-corrected chi connectivity index (χ1v) is 13.1. The van der Waals surface area contributed by atoms with Crippen LogP contribution in [0.3, 0.4) is 0 Å². The molecule has 0 saturated heterocycles. The molecule has 0 fully saturated rings. The van der Waals surface area contributed by atoms with Gasteiger partial charge in [0.25, 0.3) is 0 Å². The van der Waals surface area contributed by atoms with Gasteiger partial charge in [0.05, 0.1) is 5.56 Å². The first-order valence-electron chi connectivity index (χ1n) is 9.98. The van der Waals surface area contributed by atoms with Gasteiger partial charge in [-0.05, 0) is 123 Å². The van der Waals surface area contributed by atoms with Crippen LogP contribution in [0.5, 0.6) is 0 Å². The fourth-order valence-electron chi connectivity index (χ4n) is 3.57. The molecule has 0 amide bonds. The molecule has 0 bridgehead atoms. The predicted octanol–water partition coefficient (Wildman–Crippen LogP) is 10.1. The van der Waals surface area contributed by atoms with Crippen molar-refractivity contribution in [1.82, 2.24) is 0 Å². The summed E-state index contributed by atoms with van der Waals surface area (Å²) in [5.74, 6) is -1.02. The van der Waals surface area contributed by atoms with Crippen LogP contribution >= 0.6 is 63.7 Å². The van der Waals surface area contributed by atoms with Gasteiger partial charge < -0.3 is 5.11 Å². The van der Waals surface area contributed by atoms with Crippen molar-refractivity contribution in [2.75, 3.05) is 0 Å². The Hall–Kier alpha value is -0.430. The van der Waals surface area contributed by atoms with E-state index in [1.165, 1.54) is 0 Å². The van der Waals surface area contributed by atoms with E-state index in [-0.39, 0.29) is 16.4 Å². The summed E-state index contributed by atoms with van der Waals surface area (Å²) in [5.41, 5.74) is 5.16. The number of hydrogen-bond donors (Lipinski definition) is 1. The Kier molecular flexibility index (Phi) is 8.50. The zero-order chi connectivity index (χ0) is 23.9. The first-order chi connectivity index (χ1) is 14.1. The molecule has 1 aromatic rings. The van der Waals surface area contributed by atoms with E-state index in [0.29, 0.717) is 17.9 Å². The Balaban J connectivity index is 2.73. The SMILES string of the molecule is C=C(C1=CCC(C)(C)CCC(C)(C)C(=C)C=C1C)c1c(Br)c(Br)c(C(=O)O)c(Br)c1Br. The fraction of sp³-hybridized carbons (Fsp3) is 0.400. The van der Waals surface area contributed by atoms with Crippen molar-refractivity contribution >= 4 is 75.3 Å². The van der Waals surface area contributed by atoms with Crippen LogP contribution in [0.4, 0.5) is 0 Å². The van der Waals surface area contributed by atoms with E-state index >= 15 is 0 Å². The van der Waals surface area contributed by atoms with E-state index in [2.05, 4.69) is 124 Å². The van der Waals surface area contributed by atoms with Gasteiger partial charge in [-0.1, -0.05) is 53.0 Å². The van der Waals surface area contributed by atoms with Gasteiger partial charge in [0.1, 0.15) is 0 Å². The number of rotatable bonds is 3. The average Bonchev–Trinajstić information content (AvgIpc) is 2.64. The maximum Gasteiger partial charge on any atom is 0.338 e. The summed E-state index contributed by atoms with van der Waals surface area (Å²) in [6.45, 7) is 20.0. The Morgan fingerprint density at radius 3 is 1.94 bits per heavy atom. The van der Waals surface area contributed by atoms with Crippen LogP contribution in [0.1, 0.15) is 69.8 Å². The number of aromatic carboxylic acids is 1. The molecule has 1 N–H and O–H groups in total. The number of carboxylic acid groups (broad SMARTS) is 1. The minimum atomic E-state index is -1.02. The molecule has 0 unspecified atom stereocenters. The van der Waals surface area contributed by atoms with Crippen molar-refractivity contribution in [2.24, 2.45) is 10.8 Å². The third kappa shape index (κ3) is 5.74. The van der Waals surface area contributed by atoms with Crippen molar-refractivity contribution < 1.29 is 9.90 Å². The standard InChI is InChI=1S/C25H28Br4O2/c1-13-12-14(2)25(6,7)11-10-24(4,5)9-8-16(13)15(3)17-19(26)21(28)18(23(30)31)22(29)20(17)27/h8,12H,2-3,9-11H2,1,4-7H3,(H,30,31). The first kappa shape index (κ1) is 26.8. The average molecular weight is 680 g/mol. The normalized spacial score (nSPS) is 18.8. The zero-order valence-electron chi connectivity index (χ0n) is 18.6. The van der Waals surface area contributed by atoms with Gasteiger partial charge in [-0.3, -0.25) is 0 Å². The van der Waals surface area contributed by atoms with Crippen LogP contribution in [0.2, 0.25) is 0 Å². The number of allylic oxidation sites excluding steroid dienone is 6. The van der Waals surface area contributed by atoms with Crippen molar-refractivity contribution in [3.05, 3.63) is 71.0 Å². The Labute approximate surface area is 219 Å². The lowest BCUT2D eigenvalue weighted by molar-refractivity contribution is 0.0694. The summed E-state index contributed by atoms with van der Waals surface area (Å²) in [4.78, 5) is 11.8. The van der Waals surface area contributed by atoms with Crippen molar-refractivity contribution in [1.29, 1.82) is 0 Å². The molecule has 1 aromatic carbocycles. The Bertz CT molecular complexity index is 997. The maximum atomic E-state index is 11.8. The molecule has 0 aromatic heterocycles. The monoisotopic (exact) mass is 676 g/mol. The molecule has 168 valence electrons. The van der Waals surface area contributed by atoms with E-state index in [1.54, 1.807) is 0 Å². The van der Waals surface area contributed by atoms with Crippen molar-refractivity contribution in [2.45, 2.75) is 53.9 Å². The molecular weight excluding hydrogens is 652 g/mol. The quantitative estimate of drug-likeness (QED) is 0.323. The fourth-order valence-corrected chi connectivity index (χ4v) is 6.50. The second kappa shape index (κ2) is 9.82. The Morgan fingerprint density at radius 2 is 1.45 bits per heavy atom. The summed E-state index contributed by atoms with van der Waals surface area (Å²) in [5, 5.41) is 9.62. The highest BCUT2D eigenvalue weighted by molar-refractivity contribution is 9.14. The maximum absolute atomic E-state index is 11.8. The summed E-state index contributed by atoms with van der Waals surface area (Å²) < 4.78 is 2.24. The largest absolute Gasteiger partial charge is 0.478 e. The minimum Gasteiger partial charge on any atom is -0.478 e. The molecule has 2 rings (SSSR count). The zero-order valence-corrected chi connectivity index (χ0v) is 24.9. The number of carboxylic acids is 1. The second-order valence-electron chi connectivity index (χ2n) is 9.51. The van der Waals surface area contributed by atoms with E-state index in [0.717, 1.165) is 47.1 Å². The molecule has 0 spiro atoms. The van der Waals surface area contributed by atoms with Gasteiger partial charge in [0, 0.05) is 23.5 Å². The van der Waals surface area contributed by atoms with Gasteiger partial charge in [0.15, 0.2) is 0 Å². The number of carbonyl (C=O) groups is 1. The lowest BCUT2D eigenvalue weighted by Crippen LogP contribution is -2.20. The van der Waals surface area contributed by atoms with Crippen LogP contribution in [0, 0.1) is 10.8 Å². The van der Waals surface area contributed by atoms with Gasteiger partial charge in [-0.15, -0.1) is 0 Å². The highest BCUT2D eigenvalue weighted by Gasteiger charge is 2.29. The van der Waals surface area contributed by atoms with Crippen LogP contribution in [0.15, 0.2) is 59.9 Å². The van der Waals surface area contributed by atoms with E-state index in [4.69, 9.17) is 0 Å². The molecule has 2 nitrogen and oxygen atoms in total. The van der Waals surface area contributed by atoms with Crippen LogP contribution in [0.25, 0.3) is 5.57 Å². The summed E-state index contributed by atoms with van der Waals surface area (Å²) in [7, 11) is 0. The molecule has 1 aliphatic carbocycles. The minimum absolute atomic E-state index is 0.0126. The number of benzene rings is 1. The van der Waals surface area contributed by atoms with Crippen molar-refractivity contribution in [3.63, 3.8) is 0 Å². The molecule has 1 aliphatic rings. The second-order valence-corrected chi connectivity index (χ2v) is 12.7. The van der Waals surface area contributed by atoms with Crippen LogP contribution < -0.4 is 0 Å².